The summed E-state index contributed by atoms with van der Waals surface area (Å²) in [7, 11) is 0. The zero-order chi connectivity index (χ0) is 13.9. The number of aromatic amines is 1. The van der Waals surface area contributed by atoms with Gasteiger partial charge in [0.2, 0.25) is 0 Å². The Hall–Kier alpha value is -2.34. The second-order valence-corrected chi connectivity index (χ2v) is 4.82. The summed E-state index contributed by atoms with van der Waals surface area (Å²) >= 11 is 6.31. The molecule has 1 aromatic carbocycles. The minimum absolute atomic E-state index is 0.157. The Morgan fingerprint density at radius 2 is 2.15 bits per heavy atom. The number of hydrogen-bond donors (Lipinski definition) is 2. The third-order valence-electron chi connectivity index (χ3n) is 2.93. The van der Waals surface area contributed by atoms with E-state index in [-0.39, 0.29) is 11.1 Å². The lowest BCUT2D eigenvalue weighted by Gasteiger charge is -2.11. The number of alkyl halides is 1. The van der Waals surface area contributed by atoms with Crippen LogP contribution in [-0.4, -0.2) is 26.1 Å². The van der Waals surface area contributed by atoms with Gasteiger partial charge in [-0.15, -0.1) is 11.6 Å². The Morgan fingerprint density at radius 3 is 2.95 bits per heavy atom. The third kappa shape index (κ3) is 2.50. The summed E-state index contributed by atoms with van der Waals surface area (Å²) < 4.78 is 1.33. The van der Waals surface area contributed by atoms with Gasteiger partial charge >= 0.3 is 5.69 Å². The third-order valence-corrected chi connectivity index (χ3v) is 3.34. The monoisotopic (exact) mass is 289 g/mol. The Kier molecular flexibility index (Phi) is 3.39. The molecule has 0 saturated heterocycles. The molecule has 20 heavy (non-hydrogen) atoms. The van der Waals surface area contributed by atoms with Crippen molar-refractivity contribution in [3.05, 3.63) is 58.8 Å². The molecule has 0 bridgehead atoms. The van der Waals surface area contributed by atoms with E-state index in [1.807, 2.05) is 30.3 Å². The van der Waals surface area contributed by atoms with Gasteiger partial charge in [-0.1, -0.05) is 30.3 Å². The SMILES string of the molecule is O=c1[nH]nc2cc(NCC(Cl)c3ccccc3)ncn12. The van der Waals surface area contributed by atoms with E-state index < -0.39 is 0 Å². The van der Waals surface area contributed by atoms with Gasteiger partial charge in [-0.3, -0.25) is 0 Å². The predicted octanol–water partition coefficient (Wildman–Crippen LogP) is 1.81. The van der Waals surface area contributed by atoms with E-state index in [0.29, 0.717) is 18.0 Å². The molecule has 0 spiro atoms. The molecule has 0 radical (unpaired) electrons. The Balaban J connectivity index is 1.72. The van der Waals surface area contributed by atoms with Crippen LogP contribution < -0.4 is 11.0 Å². The number of benzene rings is 1. The van der Waals surface area contributed by atoms with Crippen molar-refractivity contribution in [3.63, 3.8) is 0 Å². The molecule has 2 N–H and O–H groups in total. The van der Waals surface area contributed by atoms with Crippen molar-refractivity contribution in [1.29, 1.82) is 0 Å². The minimum Gasteiger partial charge on any atom is -0.368 e. The Bertz CT molecular complexity index is 767. The molecule has 2 heterocycles. The molecule has 3 aromatic rings. The summed E-state index contributed by atoms with van der Waals surface area (Å²) in [5, 5.41) is 9.21. The quantitative estimate of drug-likeness (QED) is 0.718. The van der Waals surface area contributed by atoms with Crippen molar-refractivity contribution in [2.75, 3.05) is 11.9 Å². The van der Waals surface area contributed by atoms with Crippen LogP contribution >= 0.6 is 11.6 Å². The van der Waals surface area contributed by atoms with Crippen molar-refractivity contribution >= 4 is 23.1 Å². The average Bonchev–Trinajstić information content (AvgIpc) is 2.87. The summed E-state index contributed by atoms with van der Waals surface area (Å²) in [5.41, 5.74) is 1.25. The van der Waals surface area contributed by atoms with E-state index in [1.165, 1.54) is 10.7 Å². The fourth-order valence-corrected chi connectivity index (χ4v) is 2.10. The van der Waals surface area contributed by atoms with Crippen LogP contribution in [0, 0.1) is 0 Å². The molecule has 0 aliphatic heterocycles. The highest BCUT2D eigenvalue weighted by molar-refractivity contribution is 6.21. The summed E-state index contributed by atoms with van der Waals surface area (Å²) in [6, 6.07) is 11.5. The van der Waals surface area contributed by atoms with Crippen LogP contribution in [0.25, 0.3) is 5.65 Å². The average molecular weight is 290 g/mol. The molecular formula is C13H12ClN5O. The fourth-order valence-electron chi connectivity index (χ4n) is 1.88. The van der Waals surface area contributed by atoms with Crippen molar-refractivity contribution in [2.45, 2.75) is 5.38 Å². The highest BCUT2D eigenvalue weighted by Crippen LogP contribution is 2.20. The molecule has 1 atom stereocenters. The molecule has 0 fully saturated rings. The lowest BCUT2D eigenvalue weighted by molar-refractivity contribution is 0.953. The van der Waals surface area contributed by atoms with Crippen LogP contribution in [0.1, 0.15) is 10.9 Å². The predicted molar refractivity (Wildman–Crippen MR) is 77.1 cm³/mol. The number of halogens is 1. The zero-order valence-corrected chi connectivity index (χ0v) is 11.2. The molecule has 0 aliphatic rings. The van der Waals surface area contributed by atoms with Crippen molar-refractivity contribution in [3.8, 4) is 0 Å². The molecular weight excluding hydrogens is 278 g/mol. The molecule has 0 saturated carbocycles. The van der Waals surface area contributed by atoms with E-state index in [4.69, 9.17) is 11.6 Å². The number of rotatable bonds is 4. The van der Waals surface area contributed by atoms with Gasteiger partial charge in [0.25, 0.3) is 0 Å². The van der Waals surface area contributed by atoms with Crippen LogP contribution in [0.2, 0.25) is 0 Å². The molecule has 0 amide bonds. The molecule has 3 rings (SSSR count). The molecule has 2 aromatic heterocycles. The lowest BCUT2D eigenvalue weighted by Crippen LogP contribution is -2.12. The van der Waals surface area contributed by atoms with E-state index in [2.05, 4.69) is 20.5 Å². The molecule has 1 unspecified atom stereocenters. The summed E-state index contributed by atoms with van der Waals surface area (Å²) in [6.07, 6.45) is 1.43. The maximum absolute atomic E-state index is 11.3. The number of hydrogen-bond acceptors (Lipinski definition) is 4. The second-order valence-electron chi connectivity index (χ2n) is 4.29. The van der Waals surface area contributed by atoms with Crippen LogP contribution in [0.5, 0.6) is 0 Å². The van der Waals surface area contributed by atoms with Crippen LogP contribution in [-0.2, 0) is 0 Å². The first-order valence-corrected chi connectivity index (χ1v) is 6.53. The largest absolute Gasteiger partial charge is 0.368 e. The van der Waals surface area contributed by atoms with Gasteiger partial charge in [0.1, 0.15) is 12.1 Å². The number of aromatic nitrogens is 4. The van der Waals surface area contributed by atoms with Gasteiger partial charge < -0.3 is 5.32 Å². The summed E-state index contributed by atoms with van der Waals surface area (Å²) in [5.74, 6) is 0.623. The van der Waals surface area contributed by atoms with Crippen LogP contribution in [0.3, 0.4) is 0 Å². The van der Waals surface area contributed by atoms with Gasteiger partial charge in [-0.25, -0.2) is 19.3 Å². The van der Waals surface area contributed by atoms with Gasteiger partial charge in [0.15, 0.2) is 5.65 Å². The van der Waals surface area contributed by atoms with Gasteiger partial charge in [-0.2, -0.15) is 5.10 Å². The van der Waals surface area contributed by atoms with Crippen LogP contribution in [0.4, 0.5) is 5.82 Å². The lowest BCUT2D eigenvalue weighted by atomic mass is 10.1. The smallest absolute Gasteiger partial charge is 0.348 e. The summed E-state index contributed by atoms with van der Waals surface area (Å²) in [4.78, 5) is 15.4. The molecule has 0 aliphatic carbocycles. The fraction of sp³-hybridized carbons (Fsp3) is 0.154. The first-order chi connectivity index (χ1) is 9.74. The van der Waals surface area contributed by atoms with E-state index in [9.17, 15) is 4.79 Å². The summed E-state index contributed by atoms with van der Waals surface area (Å²) in [6.45, 7) is 0.531. The van der Waals surface area contributed by atoms with Crippen LogP contribution in [0.15, 0.2) is 47.5 Å². The van der Waals surface area contributed by atoms with Crippen molar-refractivity contribution < 1.29 is 0 Å². The minimum atomic E-state index is -0.307. The zero-order valence-electron chi connectivity index (χ0n) is 10.5. The number of nitrogens with one attached hydrogen (secondary N) is 2. The number of fused-ring (bicyclic) bond motifs is 1. The Morgan fingerprint density at radius 1 is 1.35 bits per heavy atom. The molecule has 102 valence electrons. The van der Waals surface area contributed by atoms with Gasteiger partial charge in [-0.05, 0) is 5.56 Å². The van der Waals surface area contributed by atoms with Crippen molar-refractivity contribution in [1.82, 2.24) is 19.6 Å². The van der Waals surface area contributed by atoms with Crippen molar-refractivity contribution in [2.24, 2.45) is 0 Å². The highest BCUT2D eigenvalue weighted by atomic mass is 35.5. The maximum Gasteiger partial charge on any atom is 0.348 e. The number of anilines is 1. The second kappa shape index (κ2) is 5.34. The standard InChI is InChI=1S/C13H12ClN5O/c14-10(9-4-2-1-3-5-9)7-15-11-6-12-17-18-13(20)19(12)8-16-11/h1-6,8,10,15H,7H2,(H,18,20). The maximum atomic E-state index is 11.3. The first kappa shape index (κ1) is 12.7. The van der Waals surface area contributed by atoms with E-state index >= 15 is 0 Å². The number of nitrogens with zero attached hydrogens (tertiary/aromatic N) is 3. The molecule has 6 nitrogen and oxygen atoms in total. The Labute approximate surface area is 119 Å². The first-order valence-electron chi connectivity index (χ1n) is 6.10. The normalized spacial score (nSPS) is 12.4. The highest BCUT2D eigenvalue weighted by Gasteiger charge is 2.08. The van der Waals surface area contributed by atoms with E-state index in [1.54, 1.807) is 6.07 Å². The van der Waals surface area contributed by atoms with E-state index in [0.717, 1.165) is 5.56 Å². The van der Waals surface area contributed by atoms with Gasteiger partial charge in [0.05, 0.1) is 5.38 Å². The topological polar surface area (TPSA) is 75.1 Å². The number of H-pyrrole nitrogens is 1. The molecule has 7 heteroatoms. The van der Waals surface area contributed by atoms with Gasteiger partial charge in [0, 0.05) is 12.6 Å².